The molecule has 0 unspecified atom stereocenters. The standard InChI is InChI=1S/C9H10F4N2O2/c1-8(2,10)6-4(9(11,12)13)5(7(16)17)15(3)14-6/h1-3H3,(H,16,17). The van der Waals surface area contributed by atoms with Gasteiger partial charge in [-0.1, -0.05) is 0 Å². The van der Waals surface area contributed by atoms with Crippen molar-refractivity contribution in [1.82, 2.24) is 9.78 Å². The minimum absolute atomic E-state index is 0.516. The molecule has 0 aromatic carbocycles. The van der Waals surface area contributed by atoms with E-state index in [1.165, 1.54) is 0 Å². The Morgan fingerprint density at radius 3 is 2.06 bits per heavy atom. The van der Waals surface area contributed by atoms with Crippen LogP contribution in [0.5, 0.6) is 0 Å². The molecule has 8 heteroatoms. The third-order valence-electron chi connectivity index (χ3n) is 2.10. The van der Waals surface area contributed by atoms with Crippen molar-refractivity contribution >= 4 is 5.97 Å². The van der Waals surface area contributed by atoms with Crippen LogP contribution in [0.4, 0.5) is 17.6 Å². The second-order valence-electron chi connectivity index (χ2n) is 3.97. The number of carboxylic acid groups (broad SMARTS) is 1. The van der Waals surface area contributed by atoms with Gasteiger partial charge in [0, 0.05) is 7.05 Å². The first-order valence-corrected chi connectivity index (χ1v) is 4.53. The van der Waals surface area contributed by atoms with Gasteiger partial charge in [0.2, 0.25) is 0 Å². The van der Waals surface area contributed by atoms with Gasteiger partial charge in [-0.15, -0.1) is 0 Å². The van der Waals surface area contributed by atoms with E-state index in [-0.39, 0.29) is 0 Å². The van der Waals surface area contributed by atoms with Gasteiger partial charge in [0.05, 0.1) is 0 Å². The third-order valence-corrected chi connectivity index (χ3v) is 2.10. The Bertz CT molecular complexity index is 457. The summed E-state index contributed by atoms with van der Waals surface area (Å²) in [6.07, 6.45) is -4.97. The van der Waals surface area contributed by atoms with Gasteiger partial charge in [-0.3, -0.25) is 4.68 Å². The van der Waals surface area contributed by atoms with Gasteiger partial charge in [-0.2, -0.15) is 18.3 Å². The summed E-state index contributed by atoms with van der Waals surface area (Å²) in [7, 11) is 1.02. The van der Waals surface area contributed by atoms with Crippen LogP contribution in [-0.4, -0.2) is 20.9 Å². The number of hydrogen-bond acceptors (Lipinski definition) is 2. The molecule has 1 heterocycles. The molecule has 1 N–H and O–H groups in total. The Morgan fingerprint density at radius 1 is 1.29 bits per heavy atom. The third kappa shape index (κ3) is 2.40. The molecule has 0 saturated heterocycles. The number of aryl methyl sites for hydroxylation is 1. The van der Waals surface area contributed by atoms with Crippen LogP contribution >= 0.6 is 0 Å². The van der Waals surface area contributed by atoms with E-state index in [9.17, 15) is 22.4 Å². The molecule has 0 aliphatic carbocycles. The van der Waals surface area contributed by atoms with Crippen LogP contribution in [0.1, 0.15) is 35.6 Å². The zero-order chi connectivity index (χ0) is 13.6. The summed E-state index contributed by atoms with van der Waals surface area (Å²) >= 11 is 0. The monoisotopic (exact) mass is 254 g/mol. The fourth-order valence-corrected chi connectivity index (χ4v) is 1.45. The van der Waals surface area contributed by atoms with E-state index in [2.05, 4.69) is 5.10 Å². The Hall–Kier alpha value is -1.60. The average Bonchev–Trinajstić information content (AvgIpc) is 2.40. The lowest BCUT2D eigenvalue weighted by Crippen LogP contribution is -2.20. The van der Waals surface area contributed by atoms with Crippen LogP contribution in [0.25, 0.3) is 0 Å². The molecular weight excluding hydrogens is 244 g/mol. The maximum atomic E-state index is 13.6. The Kier molecular flexibility index (Phi) is 2.94. The van der Waals surface area contributed by atoms with E-state index in [0.29, 0.717) is 4.68 Å². The van der Waals surface area contributed by atoms with Crippen molar-refractivity contribution in [2.75, 3.05) is 0 Å². The second kappa shape index (κ2) is 3.71. The summed E-state index contributed by atoms with van der Waals surface area (Å²) in [5.41, 5.74) is -5.92. The smallest absolute Gasteiger partial charge is 0.420 e. The first-order valence-electron chi connectivity index (χ1n) is 4.53. The van der Waals surface area contributed by atoms with Crippen molar-refractivity contribution in [1.29, 1.82) is 0 Å². The van der Waals surface area contributed by atoms with E-state index < -0.39 is 34.8 Å². The van der Waals surface area contributed by atoms with Gasteiger partial charge in [-0.05, 0) is 13.8 Å². The molecule has 0 aliphatic rings. The lowest BCUT2D eigenvalue weighted by Gasteiger charge is -2.15. The van der Waals surface area contributed by atoms with E-state index in [1.54, 1.807) is 0 Å². The second-order valence-corrected chi connectivity index (χ2v) is 3.97. The fourth-order valence-electron chi connectivity index (χ4n) is 1.45. The van der Waals surface area contributed by atoms with Gasteiger partial charge >= 0.3 is 12.1 Å². The number of hydrogen-bond donors (Lipinski definition) is 1. The molecule has 1 aromatic heterocycles. The Morgan fingerprint density at radius 2 is 1.76 bits per heavy atom. The highest BCUT2D eigenvalue weighted by Crippen LogP contribution is 2.39. The maximum Gasteiger partial charge on any atom is 0.420 e. The van der Waals surface area contributed by atoms with Gasteiger partial charge < -0.3 is 5.11 Å². The van der Waals surface area contributed by atoms with E-state index in [1.807, 2.05) is 0 Å². The predicted octanol–water partition coefficient (Wildman–Crippen LogP) is 2.34. The minimum atomic E-state index is -4.97. The molecule has 0 bridgehead atoms. The van der Waals surface area contributed by atoms with Crippen LogP contribution in [-0.2, 0) is 18.9 Å². The quantitative estimate of drug-likeness (QED) is 0.824. The van der Waals surface area contributed by atoms with Gasteiger partial charge in [0.25, 0.3) is 0 Å². The molecule has 0 atom stereocenters. The molecule has 96 valence electrons. The fraction of sp³-hybridized carbons (Fsp3) is 0.556. The van der Waals surface area contributed by atoms with Crippen LogP contribution in [0.2, 0.25) is 0 Å². The van der Waals surface area contributed by atoms with E-state index in [4.69, 9.17) is 5.11 Å². The molecule has 17 heavy (non-hydrogen) atoms. The summed E-state index contributed by atoms with van der Waals surface area (Å²) in [6, 6.07) is 0. The Labute approximate surface area is 93.8 Å². The molecule has 1 aromatic rings. The van der Waals surface area contributed by atoms with Crippen LogP contribution in [0.3, 0.4) is 0 Å². The van der Waals surface area contributed by atoms with Gasteiger partial charge in [-0.25, -0.2) is 9.18 Å². The summed E-state index contributed by atoms with van der Waals surface area (Å²) in [4.78, 5) is 10.7. The van der Waals surface area contributed by atoms with Crippen molar-refractivity contribution in [3.63, 3.8) is 0 Å². The lowest BCUT2D eigenvalue weighted by molar-refractivity contribution is -0.140. The Balaban J connectivity index is 3.66. The first kappa shape index (κ1) is 13.5. The van der Waals surface area contributed by atoms with E-state index >= 15 is 0 Å². The first-order chi connectivity index (χ1) is 7.46. The highest BCUT2D eigenvalue weighted by atomic mass is 19.4. The van der Waals surface area contributed by atoms with Crippen molar-refractivity contribution in [2.45, 2.75) is 25.7 Å². The molecule has 0 amide bonds. The van der Waals surface area contributed by atoms with Crippen molar-refractivity contribution in [2.24, 2.45) is 7.05 Å². The highest BCUT2D eigenvalue weighted by molar-refractivity contribution is 5.88. The van der Waals surface area contributed by atoms with Crippen molar-refractivity contribution in [3.05, 3.63) is 17.0 Å². The minimum Gasteiger partial charge on any atom is -0.477 e. The molecule has 0 saturated carbocycles. The van der Waals surface area contributed by atoms with Crippen LogP contribution < -0.4 is 0 Å². The predicted molar refractivity (Wildman–Crippen MR) is 49.3 cm³/mol. The lowest BCUT2D eigenvalue weighted by atomic mass is 10.0. The summed E-state index contributed by atoms with van der Waals surface area (Å²) in [5.74, 6) is -1.80. The topological polar surface area (TPSA) is 55.1 Å². The van der Waals surface area contributed by atoms with Crippen molar-refractivity contribution in [3.8, 4) is 0 Å². The molecule has 0 aliphatic heterocycles. The number of nitrogens with zero attached hydrogens (tertiary/aromatic N) is 2. The highest BCUT2D eigenvalue weighted by Gasteiger charge is 2.45. The number of alkyl halides is 4. The van der Waals surface area contributed by atoms with Gasteiger partial charge in [0.1, 0.15) is 16.9 Å². The molecule has 4 nitrogen and oxygen atoms in total. The normalized spacial score (nSPS) is 12.9. The maximum absolute atomic E-state index is 13.6. The average molecular weight is 254 g/mol. The van der Waals surface area contributed by atoms with Crippen molar-refractivity contribution < 1.29 is 27.5 Å². The number of aromatic nitrogens is 2. The molecule has 0 fully saturated rings. The molecule has 0 radical (unpaired) electrons. The number of aromatic carboxylic acids is 1. The van der Waals surface area contributed by atoms with Crippen LogP contribution in [0, 0.1) is 0 Å². The zero-order valence-corrected chi connectivity index (χ0v) is 9.26. The number of rotatable bonds is 2. The van der Waals surface area contributed by atoms with E-state index in [0.717, 1.165) is 20.9 Å². The zero-order valence-electron chi connectivity index (χ0n) is 9.26. The number of carboxylic acids is 1. The summed E-state index contributed by atoms with van der Waals surface area (Å²) in [6.45, 7) is 1.77. The summed E-state index contributed by atoms with van der Waals surface area (Å²) < 4.78 is 52.3. The summed E-state index contributed by atoms with van der Waals surface area (Å²) in [5, 5.41) is 12.0. The molecule has 1 rings (SSSR count). The molecular formula is C9H10F4N2O2. The van der Waals surface area contributed by atoms with Gasteiger partial charge in [0.15, 0.2) is 5.69 Å². The molecule has 0 spiro atoms. The van der Waals surface area contributed by atoms with Crippen LogP contribution in [0.15, 0.2) is 0 Å². The number of carbonyl (C=O) groups is 1. The SMILES string of the molecule is Cn1nc(C(C)(C)F)c(C(F)(F)F)c1C(=O)O. The largest absolute Gasteiger partial charge is 0.477 e. The number of halogens is 4.